The van der Waals surface area contributed by atoms with Gasteiger partial charge >= 0.3 is 5.97 Å². The van der Waals surface area contributed by atoms with Crippen LogP contribution in [0.15, 0.2) is 36.7 Å². The molecule has 2 heterocycles. The highest BCUT2D eigenvalue weighted by Gasteiger charge is 2.36. The molecule has 144 valence electrons. The van der Waals surface area contributed by atoms with Gasteiger partial charge in [0.2, 0.25) is 5.91 Å². The molecule has 1 aliphatic heterocycles. The zero-order chi connectivity index (χ0) is 19.4. The Balaban J connectivity index is 1.76. The smallest absolute Gasteiger partial charge is 0.307 e. The first kappa shape index (κ1) is 19.4. The number of methoxy groups -OCH3 is 1. The molecule has 0 bridgehead atoms. The van der Waals surface area contributed by atoms with Gasteiger partial charge in [-0.2, -0.15) is 5.10 Å². The van der Waals surface area contributed by atoms with E-state index in [9.17, 15) is 9.59 Å². The maximum atomic E-state index is 13.0. The normalized spacial score (nSPS) is 20.3. The first-order chi connectivity index (χ1) is 13.0. The molecule has 0 radical (unpaired) electrons. The van der Waals surface area contributed by atoms with Crippen molar-refractivity contribution in [2.75, 3.05) is 20.2 Å². The van der Waals surface area contributed by atoms with Gasteiger partial charge in [-0.1, -0.05) is 23.7 Å². The van der Waals surface area contributed by atoms with Gasteiger partial charge in [0, 0.05) is 37.3 Å². The molecule has 1 aliphatic rings. The minimum atomic E-state index is -0.475. The van der Waals surface area contributed by atoms with Crippen LogP contribution in [0.5, 0.6) is 0 Å². The largest absolute Gasteiger partial charge is 0.469 e. The molecule has 1 amide bonds. The van der Waals surface area contributed by atoms with Crippen LogP contribution in [0.1, 0.15) is 29.5 Å². The second-order valence-corrected chi connectivity index (χ2v) is 7.15. The van der Waals surface area contributed by atoms with Crippen LogP contribution < -0.4 is 10.6 Å². The number of esters is 1. The van der Waals surface area contributed by atoms with Crippen molar-refractivity contribution < 1.29 is 14.3 Å². The lowest BCUT2D eigenvalue weighted by molar-refractivity contribution is -0.141. The van der Waals surface area contributed by atoms with Crippen molar-refractivity contribution in [3.05, 3.63) is 52.8 Å². The topological polar surface area (TPSA) is 85.2 Å². The first-order valence-corrected chi connectivity index (χ1v) is 9.17. The van der Waals surface area contributed by atoms with Crippen LogP contribution in [0, 0.1) is 5.92 Å². The number of ether oxygens (including phenoxy) is 1. The Morgan fingerprint density at radius 1 is 1.37 bits per heavy atom. The maximum absolute atomic E-state index is 13.0. The summed E-state index contributed by atoms with van der Waals surface area (Å²) in [6, 6.07) is 6.62. The highest BCUT2D eigenvalue weighted by molar-refractivity contribution is 6.30. The summed E-state index contributed by atoms with van der Waals surface area (Å²) in [6.45, 7) is 1.29. The Labute approximate surface area is 163 Å². The number of aromatic nitrogens is 2. The fourth-order valence-corrected chi connectivity index (χ4v) is 3.54. The van der Waals surface area contributed by atoms with E-state index >= 15 is 0 Å². The van der Waals surface area contributed by atoms with Gasteiger partial charge in [-0.05, 0) is 23.3 Å². The van der Waals surface area contributed by atoms with E-state index in [0.717, 1.165) is 11.1 Å². The van der Waals surface area contributed by atoms with Gasteiger partial charge in [0.1, 0.15) is 0 Å². The van der Waals surface area contributed by atoms with Crippen LogP contribution in [-0.2, 0) is 21.4 Å². The molecule has 27 heavy (non-hydrogen) atoms. The molecule has 2 aromatic rings. The van der Waals surface area contributed by atoms with E-state index in [4.69, 9.17) is 16.3 Å². The number of nitrogens with zero attached hydrogens (tertiary/aromatic N) is 2. The van der Waals surface area contributed by atoms with Crippen molar-refractivity contribution in [1.29, 1.82) is 0 Å². The van der Waals surface area contributed by atoms with Gasteiger partial charge in [0.05, 0.1) is 31.7 Å². The van der Waals surface area contributed by atoms with Crippen LogP contribution in [0.25, 0.3) is 0 Å². The van der Waals surface area contributed by atoms with Gasteiger partial charge < -0.3 is 15.4 Å². The third kappa shape index (κ3) is 4.67. The predicted molar refractivity (Wildman–Crippen MR) is 101 cm³/mol. The SMILES string of the molecule is COC(=O)C[C@H](NC(=O)[C@H]1CNC[C@@H]1c1cnn(C)c1)c1ccc(Cl)cc1. The van der Waals surface area contributed by atoms with Crippen molar-refractivity contribution in [1.82, 2.24) is 20.4 Å². The fraction of sp³-hybridized carbons (Fsp3) is 0.421. The highest BCUT2D eigenvalue weighted by Crippen LogP contribution is 2.29. The lowest BCUT2D eigenvalue weighted by atomic mass is 9.89. The fourth-order valence-electron chi connectivity index (χ4n) is 3.41. The highest BCUT2D eigenvalue weighted by atomic mass is 35.5. The van der Waals surface area contributed by atoms with Gasteiger partial charge in [0.15, 0.2) is 0 Å². The maximum Gasteiger partial charge on any atom is 0.307 e. The number of carbonyl (C=O) groups excluding carboxylic acids is 2. The molecule has 0 unspecified atom stereocenters. The standard InChI is InChI=1S/C19H23ClN4O3/c1-24-11-13(8-22-24)15-9-21-10-16(15)19(26)23-17(7-18(25)27-2)12-3-5-14(20)6-4-12/h3-6,8,11,15-17,21H,7,9-10H2,1-2H3,(H,23,26)/t15-,16+,17+/m1/s1. The number of hydrogen-bond donors (Lipinski definition) is 2. The Bertz CT molecular complexity index is 806. The lowest BCUT2D eigenvalue weighted by Crippen LogP contribution is -2.37. The van der Waals surface area contributed by atoms with Crippen LogP contribution in [0.3, 0.4) is 0 Å². The summed E-state index contributed by atoms with van der Waals surface area (Å²) in [4.78, 5) is 24.8. The molecule has 1 fully saturated rings. The molecule has 0 aliphatic carbocycles. The van der Waals surface area contributed by atoms with Gasteiger partial charge in [-0.3, -0.25) is 14.3 Å². The van der Waals surface area contributed by atoms with E-state index in [1.165, 1.54) is 7.11 Å². The van der Waals surface area contributed by atoms with E-state index in [1.54, 1.807) is 23.0 Å². The minimum absolute atomic E-state index is 0.0442. The number of hydrogen-bond acceptors (Lipinski definition) is 5. The molecule has 7 nitrogen and oxygen atoms in total. The van der Waals surface area contributed by atoms with Crippen molar-refractivity contribution in [3.8, 4) is 0 Å². The summed E-state index contributed by atoms with van der Waals surface area (Å²) in [7, 11) is 3.19. The summed E-state index contributed by atoms with van der Waals surface area (Å²) in [5.41, 5.74) is 1.83. The number of carbonyl (C=O) groups is 2. The molecule has 1 aromatic heterocycles. The lowest BCUT2D eigenvalue weighted by Gasteiger charge is -2.23. The summed E-state index contributed by atoms with van der Waals surface area (Å²) in [5, 5.41) is 11.1. The molecule has 2 N–H and O–H groups in total. The molecule has 0 saturated carbocycles. The molecular weight excluding hydrogens is 368 g/mol. The second kappa shape index (κ2) is 8.54. The average Bonchev–Trinajstić information content (AvgIpc) is 3.30. The third-order valence-electron chi connectivity index (χ3n) is 4.89. The number of benzene rings is 1. The molecule has 3 atom stereocenters. The minimum Gasteiger partial charge on any atom is -0.469 e. The Morgan fingerprint density at radius 2 is 2.11 bits per heavy atom. The van der Waals surface area contributed by atoms with E-state index in [1.807, 2.05) is 25.4 Å². The number of amides is 1. The van der Waals surface area contributed by atoms with Crippen molar-refractivity contribution in [2.45, 2.75) is 18.4 Å². The van der Waals surface area contributed by atoms with Gasteiger partial charge in [-0.15, -0.1) is 0 Å². The molecule has 0 spiro atoms. The van der Waals surface area contributed by atoms with Crippen LogP contribution >= 0.6 is 11.6 Å². The van der Waals surface area contributed by atoms with E-state index in [-0.39, 0.29) is 30.1 Å². The van der Waals surface area contributed by atoms with Gasteiger partial charge in [-0.25, -0.2) is 0 Å². The first-order valence-electron chi connectivity index (χ1n) is 8.80. The van der Waals surface area contributed by atoms with Crippen molar-refractivity contribution in [3.63, 3.8) is 0 Å². The zero-order valence-corrected chi connectivity index (χ0v) is 16.1. The van der Waals surface area contributed by atoms with Crippen LogP contribution in [-0.4, -0.2) is 41.9 Å². The van der Waals surface area contributed by atoms with Crippen molar-refractivity contribution >= 4 is 23.5 Å². The number of halogens is 1. The van der Waals surface area contributed by atoms with E-state index in [0.29, 0.717) is 18.1 Å². The number of rotatable bonds is 6. The van der Waals surface area contributed by atoms with E-state index < -0.39 is 6.04 Å². The summed E-state index contributed by atoms with van der Waals surface area (Å²) < 4.78 is 6.52. The molecule has 1 aromatic carbocycles. The summed E-state index contributed by atoms with van der Waals surface area (Å²) in [5.74, 6) is -0.675. The Kier molecular flexibility index (Phi) is 6.13. The van der Waals surface area contributed by atoms with Crippen molar-refractivity contribution in [2.24, 2.45) is 13.0 Å². The van der Waals surface area contributed by atoms with E-state index in [2.05, 4.69) is 15.7 Å². The van der Waals surface area contributed by atoms with Crippen LogP contribution in [0.2, 0.25) is 5.02 Å². The zero-order valence-electron chi connectivity index (χ0n) is 15.3. The summed E-state index contributed by atoms with van der Waals surface area (Å²) in [6.07, 6.45) is 3.79. The molecule has 1 saturated heterocycles. The molecule has 3 rings (SSSR count). The predicted octanol–water partition coefficient (Wildman–Crippen LogP) is 1.80. The average molecular weight is 391 g/mol. The number of aryl methyl sites for hydroxylation is 1. The third-order valence-corrected chi connectivity index (χ3v) is 5.14. The molecular formula is C19H23ClN4O3. The second-order valence-electron chi connectivity index (χ2n) is 6.71. The molecule has 8 heteroatoms. The monoisotopic (exact) mass is 390 g/mol. The Morgan fingerprint density at radius 3 is 2.74 bits per heavy atom. The van der Waals surface area contributed by atoms with Gasteiger partial charge in [0.25, 0.3) is 0 Å². The summed E-state index contributed by atoms with van der Waals surface area (Å²) >= 11 is 5.95. The number of nitrogens with one attached hydrogen (secondary N) is 2. The van der Waals surface area contributed by atoms with Crippen LogP contribution in [0.4, 0.5) is 0 Å². The Hall–Kier alpha value is -2.38. The quantitative estimate of drug-likeness (QED) is 0.734.